The van der Waals surface area contributed by atoms with Crippen molar-refractivity contribution in [1.82, 2.24) is 24.3 Å². The molecule has 13 heteroatoms. The lowest BCUT2D eigenvalue weighted by Gasteiger charge is -2.27. The van der Waals surface area contributed by atoms with Crippen LogP contribution >= 0.6 is 11.3 Å². The molecule has 0 aliphatic heterocycles. The second kappa shape index (κ2) is 14.8. The number of aliphatic hydroxyl groups is 1. The molecule has 256 valence electrons. The zero-order valence-electron chi connectivity index (χ0n) is 27.3. The van der Waals surface area contributed by atoms with Crippen LogP contribution in [0.1, 0.15) is 55.5 Å². The summed E-state index contributed by atoms with van der Waals surface area (Å²) in [6.07, 6.45) is 2.90. The number of amides is 2. The lowest BCUT2D eigenvalue weighted by molar-refractivity contribution is 0.108. The van der Waals surface area contributed by atoms with Crippen LogP contribution in [0.25, 0.3) is 20.7 Å². The Hall–Kier alpha value is -4.72. The van der Waals surface area contributed by atoms with Gasteiger partial charge >= 0.3 is 11.7 Å². The van der Waals surface area contributed by atoms with Gasteiger partial charge in [-0.2, -0.15) is 0 Å². The minimum absolute atomic E-state index is 0.278. The number of pyridine rings is 1. The van der Waals surface area contributed by atoms with Gasteiger partial charge < -0.3 is 15.7 Å². The van der Waals surface area contributed by atoms with Crippen LogP contribution in [0.2, 0.25) is 0 Å². The summed E-state index contributed by atoms with van der Waals surface area (Å²) in [5.74, 6) is -1.58. The molecule has 49 heavy (non-hydrogen) atoms. The van der Waals surface area contributed by atoms with Crippen molar-refractivity contribution in [1.29, 1.82) is 0 Å². The molecule has 2 amide bonds. The van der Waals surface area contributed by atoms with Crippen LogP contribution in [-0.2, 0) is 19.6 Å². The van der Waals surface area contributed by atoms with Gasteiger partial charge in [0.1, 0.15) is 16.5 Å². The third-order valence-corrected chi connectivity index (χ3v) is 10.1. The molecule has 1 saturated carbocycles. The normalized spacial score (nSPS) is 16.3. The number of carbonyl (C=O) groups is 1. The van der Waals surface area contributed by atoms with E-state index >= 15 is 8.78 Å². The van der Waals surface area contributed by atoms with Crippen molar-refractivity contribution in [3.8, 4) is 10.4 Å². The first-order valence-corrected chi connectivity index (χ1v) is 17.1. The van der Waals surface area contributed by atoms with Gasteiger partial charge in [0.2, 0.25) is 0 Å². The Labute approximate surface area is 285 Å². The van der Waals surface area contributed by atoms with Gasteiger partial charge in [-0.1, -0.05) is 24.3 Å². The van der Waals surface area contributed by atoms with Gasteiger partial charge in [-0.3, -0.25) is 23.8 Å². The zero-order valence-corrected chi connectivity index (χ0v) is 28.1. The van der Waals surface area contributed by atoms with Crippen LogP contribution in [0.3, 0.4) is 0 Å². The average molecular weight is 689 g/mol. The Morgan fingerprint density at radius 2 is 1.69 bits per heavy atom. The van der Waals surface area contributed by atoms with Gasteiger partial charge in [0.05, 0.1) is 23.7 Å². The molecule has 5 aromatic rings. The SMILES string of the molecule is CCNC(=O)Nc1ccc(-c2sc3c(c2CN(C)Cc2ccccn2)c(=O)n(C2CCC(O)CC2)c(=O)n3Cc2c(F)cccc2F)cc1. The highest BCUT2D eigenvalue weighted by Crippen LogP contribution is 2.39. The van der Waals surface area contributed by atoms with E-state index < -0.39 is 41.6 Å². The van der Waals surface area contributed by atoms with E-state index in [1.807, 2.05) is 49.2 Å². The fraction of sp³-hybridized carbons (Fsp3) is 0.333. The average Bonchev–Trinajstić information content (AvgIpc) is 3.45. The van der Waals surface area contributed by atoms with Crippen LogP contribution in [-0.4, -0.2) is 49.9 Å². The first-order chi connectivity index (χ1) is 23.6. The number of halogens is 2. The molecule has 0 atom stereocenters. The molecule has 6 rings (SSSR count). The first-order valence-electron chi connectivity index (χ1n) is 16.3. The fourth-order valence-corrected chi connectivity index (χ4v) is 7.73. The molecule has 2 aromatic carbocycles. The Morgan fingerprint density at radius 1 is 0.980 bits per heavy atom. The summed E-state index contributed by atoms with van der Waals surface area (Å²) in [7, 11) is 1.91. The summed E-state index contributed by atoms with van der Waals surface area (Å²) >= 11 is 1.22. The van der Waals surface area contributed by atoms with E-state index in [1.165, 1.54) is 26.5 Å². The number of carbonyl (C=O) groups excluding carboxylic acids is 1. The van der Waals surface area contributed by atoms with E-state index in [1.54, 1.807) is 18.3 Å². The van der Waals surface area contributed by atoms with Crippen LogP contribution in [0.15, 0.2) is 76.4 Å². The largest absolute Gasteiger partial charge is 0.393 e. The van der Waals surface area contributed by atoms with Gasteiger partial charge in [0, 0.05) is 48.0 Å². The van der Waals surface area contributed by atoms with Crippen molar-refractivity contribution in [2.45, 2.75) is 64.4 Å². The number of urea groups is 1. The monoisotopic (exact) mass is 688 g/mol. The highest BCUT2D eigenvalue weighted by molar-refractivity contribution is 7.22. The van der Waals surface area contributed by atoms with Crippen LogP contribution in [0.5, 0.6) is 0 Å². The molecule has 3 N–H and O–H groups in total. The number of hydrogen-bond acceptors (Lipinski definition) is 7. The van der Waals surface area contributed by atoms with E-state index in [0.717, 1.165) is 23.4 Å². The number of anilines is 1. The van der Waals surface area contributed by atoms with Crippen molar-refractivity contribution < 1.29 is 18.7 Å². The van der Waals surface area contributed by atoms with E-state index in [0.29, 0.717) is 71.7 Å². The lowest BCUT2D eigenvalue weighted by atomic mass is 9.93. The highest BCUT2D eigenvalue weighted by Gasteiger charge is 2.29. The second-order valence-corrected chi connectivity index (χ2v) is 13.4. The third kappa shape index (κ3) is 7.33. The predicted octanol–water partition coefficient (Wildman–Crippen LogP) is 5.86. The van der Waals surface area contributed by atoms with E-state index in [4.69, 9.17) is 0 Å². The Bertz CT molecular complexity index is 2050. The van der Waals surface area contributed by atoms with Crippen molar-refractivity contribution in [3.05, 3.63) is 116 Å². The molecule has 0 unspecified atom stereocenters. The summed E-state index contributed by atoms with van der Waals surface area (Å²) in [5.41, 5.74) is 1.41. The van der Waals surface area contributed by atoms with Crippen molar-refractivity contribution >= 4 is 33.3 Å². The first kappa shape index (κ1) is 34.2. The van der Waals surface area contributed by atoms with Crippen LogP contribution in [0.4, 0.5) is 19.3 Å². The lowest BCUT2D eigenvalue weighted by Crippen LogP contribution is -2.43. The number of nitrogens with zero attached hydrogens (tertiary/aromatic N) is 4. The zero-order chi connectivity index (χ0) is 34.7. The molecule has 0 spiro atoms. The number of aromatic nitrogens is 3. The molecular formula is C36H38F2N6O4S. The maximum absolute atomic E-state index is 15.1. The van der Waals surface area contributed by atoms with Crippen molar-refractivity contribution in [2.24, 2.45) is 0 Å². The number of nitrogens with one attached hydrogen (secondary N) is 2. The number of rotatable bonds is 10. The van der Waals surface area contributed by atoms with E-state index in [-0.39, 0.29) is 11.6 Å². The van der Waals surface area contributed by atoms with Gasteiger partial charge in [-0.25, -0.2) is 18.4 Å². The minimum atomic E-state index is -0.791. The Morgan fingerprint density at radius 3 is 2.35 bits per heavy atom. The quantitative estimate of drug-likeness (QED) is 0.169. The predicted molar refractivity (Wildman–Crippen MR) is 187 cm³/mol. The molecule has 3 heterocycles. The smallest absolute Gasteiger partial charge is 0.332 e. The van der Waals surface area contributed by atoms with Gasteiger partial charge in [-0.15, -0.1) is 11.3 Å². The fourth-order valence-electron chi connectivity index (χ4n) is 6.42. The van der Waals surface area contributed by atoms with E-state index in [2.05, 4.69) is 15.6 Å². The number of thiophene rings is 1. The topological polar surface area (TPSA) is 121 Å². The molecule has 1 fully saturated rings. The maximum atomic E-state index is 15.1. The van der Waals surface area contributed by atoms with Crippen LogP contribution < -0.4 is 21.9 Å². The molecular weight excluding hydrogens is 650 g/mol. The maximum Gasteiger partial charge on any atom is 0.332 e. The van der Waals surface area contributed by atoms with Crippen molar-refractivity contribution in [3.63, 3.8) is 0 Å². The molecule has 10 nitrogen and oxygen atoms in total. The minimum Gasteiger partial charge on any atom is -0.393 e. The number of fused-ring (bicyclic) bond motifs is 1. The summed E-state index contributed by atoms with van der Waals surface area (Å²) in [6.45, 7) is 2.65. The van der Waals surface area contributed by atoms with Crippen molar-refractivity contribution in [2.75, 3.05) is 18.9 Å². The van der Waals surface area contributed by atoms with Gasteiger partial charge in [0.25, 0.3) is 5.56 Å². The molecule has 0 bridgehead atoms. The molecule has 0 saturated heterocycles. The Kier molecular flexibility index (Phi) is 10.3. The number of aliphatic hydroxyl groups excluding tert-OH is 1. The number of benzene rings is 2. The summed E-state index contributed by atoms with van der Waals surface area (Å²) < 4.78 is 32.6. The van der Waals surface area contributed by atoms with E-state index in [9.17, 15) is 19.5 Å². The summed E-state index contributed by atoms with van der Waals surface area (Å²) in [5, 5.41) is 16.0. The summed E-state index contributed by atoms with van der Waals surface area (Å²) in [4.78, 5) is 48.5. The Balaban J connectivity index is 1.56. The van der Waals surface area contributed by atoms with Crippen LogP contribution in [0, 0.1) is 11.6 Å². The second-order valence-electron chi connectivity index (χ2n) is 12.4. The molecule has 1 aliphatic rings. The van der Waals surface area contributed by atoms with Gasteiger partial charge in [0.15, 0.2) is 0 Å². The molecule has 3 aromatic heterocycles. The molecule has 0 radical (unpaired) electrons. The number of hydrogen-bond donors (Lipinski definition) is 3. The summed E-state index contributed by atoms with van der Waals surface area (Å²) in [6, 6.07) is 15.6. The standard InChI is InChI=1S/C36H38F2N6O4S/c1-3-39-35(47)41-23-12-10-22(11-13-23)32-28(20-42(2)19-24-7-4-5-18-40-24)31-33(46)44(25-14-16-26(45)17-15-25)36(48)43(34(31)49-32)21-27-29(37)8-6-9-30(27)38/h4-13,18,25-26,45H,3,14-17,19-21H2,1-2H3,(H2,39,41,47). The van der Waals surface area contributed by atoms with Gasteiger partial charge in [-0.05, 0) is 87.2 Å². The highest BCUT2D eigenvalue weighted by atomic mass is 32.1. The molecule has 1 aliphatic carbocycles. The third-order valence-electron chi connectivity index (χ3n) is 8.84.